The molecule has 0 saturated carbocycles. The lowest BCUT2D eigenvalue weighted by atomic mass is 10.2. The zero-order chi connectivity index (χ0) is 9.84. The SMILES string of the molecule is C=CC(O)c1ccn(CC(C)C)n1. The highest BCUT2D eigenvalue weighted by Crippen LogP contribution is 2.10. The minimum Gasteiger partial charge on any atom is -0.383 e. The van der Waals surface area contributed by atoms with Crippen LogP contribution in [-0.4, -0.2) is 14.9 Å². The van der Waals surface area contributed by atoms with Gasteiger partial charge in [0.25, 0.3) is 0 Å². The second-order valence-corrected chi connectivity index (χ2v) is 3.54. The molecule has 0 aliphatic carbocycles. The molecule has 72 valence electrons. The predicted molar refractivity (Wildman–Crippen MR) is 52.2 cm³/mol. The van der Waals surface area contributed by atoms with Crippen molar-refractivity contribution in [2.75, 3.05) is 0 Å². The zero-order valence-corrected chi connectivity index (χ0v) is 8.14. The molecule has 0 spiro atoms. The van der Waals surface area contributed by atoms with E-state index < -0.39 is 6.10 Å². The van der Waals surface area contributed by atoms with Crippen molar-refractivity contribution in [3.05, 3.63) is 30.6 Å². The molecule has 1 rings (SSSR count). The lowest BCUT2D eigenvalue weighted by Crippen LogP contribution is -2.06. The smallest absolute Gasteiger partial charge is 0.116 e. The van der Waals surface area contributed by atoms with Gasteiger partial charge >= 0.3 is 0 Å². The van der Waals surface area contributed by atoms with Crippen molar-refractivity contribution in [1.82, 2.24) is 9.78 Å². The molecule has 3 nitrogen and oxygen atoms in total. The minimum absolute atomic E-state index is 0.564. The molecule has 0 amide bonds. The van der Waals surface area contributed by atoms with Crippen LogP contribution in [0.2, 0.25) is 0 Å². The third-order valence-corrected chi connectivity index (χ3v) is 1.74. The van der Waals surface area contributed by atoms with Gasteiger partial charge in [-0.1, -0.05) is 19.9 Å². The van der Waals surface area contributed by atoms with Crippen molar-refractivity contribution in [3.63, 3.8) is 0 Å². The fraction of sp³-hybridized carbons (Fsp3) is 0.500. The molecule has 0 aliphatic rings. The summed E-state index contributed by atoms with van der Waals surface area (Å²) in [5.41, 5.74) is 0.663. The van der Waals surface area contributed by atoms with Crippen LogP contribution >= 0.6 is 0 Å². The fourth-order valence-electron chi connectivity index (χ4n) is 1.13. The summed E-state index contributed by atoms with van der Waals surface area (Å²) in [5, 5.41) is 13.6. The molecule has 3 heteroatoms. The van der Waals surface area contributed by atoms with Gasteiger partial charge in [-0.3, -0.25) is 4.68 Å². The second kappa shape index (κ2) is 4.23. The van der Waals surface area contributed by atoms with Crippen LogP contribution in [0.3, 0.4) is 0 Å². The third-order valence-electron chi connectivity index (χ3n) is 1.74. The van der Waals surface area contributed by atoms with Crippen LogP contribution in [0.5, 0.6) is 0 Å². The molecule has 1 aromatic heterocycles. The average molecular weight is 180 g/mol. The number of aliphatic hydroxyl groups is 1. The van der Waals surface area contributed by atoms with E-state index in [4.69, 9.17) is 0 Å². The highest BCUT2D eigenvalue weighted by molar-refractivity contribution is 5.07. The highest BCUT2D eigenvalue weighted by atomic mass is 16.3. The molecule has 0 bridgehead atoms. The van der Waals surface area contributed by atoms with E-state index in [0.29, 0.717) is 11.6 Å². The molecule has 0 aliphatic heterocycles. The molecular formula is C10H16N2O. The molecule has 1 atom stereocenters. The number of hydrogen-bond donors (Lipinski definition) is 1. The summed E-state index contributed by atoms with van der Waals surface area (Å²) in [7, 11) is 0. The van der Waals surface area contributed by atoms with E-state index >= 15 is 0 Å². The van der Waals surface area contributed by atoms with E-state index in [9.17, 15) is 5.11 Å². The van der Waals surface area contributed by atoms with Gasteiger partial charge in [-0.2, -0.15) is 5.10 Å². The first-order valence-corrected chi connectivity index (χ1v) is 4.47. The first-order valence-electron chi connectivity index (χ1n) is 4.47. The number of rotatable bonds is 4. The van der Waals surface area contributed by atoms with E-state index in [1.54, 1.807) is 0 Å². The van der Waals surface area contributed by atoms with Gasteiger partial charge in [0, 0.05) is 12.7 Å². The molecule has 1 aromatic rings. The van der Waals surface area contributed by atoms with Crippen molar-refractivity contribution in [3.8, 4) is 0 Å². The second-order valence-electron chi connectivity index (χ2n) is 3.54. The molecule has 0 fully saturated rings. The maximum atomic E-state index is 9.38. The molecular weight excluding hydrogens is 164 g/mol. The molecule has 1 unspecified atom stereocenters. The number of hydrogen-bond acceptors (Lipinski definition) is 2. The highest BCUT2D eigenvalue weighted by Gasteiger charge is 2.06. The molecule has 1 heterocycles. The van der Waals surface area contributed by atoms with Crippen molar-refractivity contribution in [2.24, 2.45) is 5.92 Å². The first kappa shape index (κ1) is 9.99. The Kier molecular flexibility index (Phi) is 3.25. The van der Waals surface area contributed by atoms with Crippen LogP contribution in [0.4, 0.5) is 0 Å². The maximum absolute atomic E-state index is 9.38. The molecule has 13 heavy (non-hydrogen) atoms. The average Bonchev–Trinajstić information content (AvgIpc) is 2.50. The Hall–Kier alpha value is -1.09. The molecule has 0 saturated heterocycles. The summed E-state index contributed by atoms with van der Waals surface area (Å²) >= 11 is 0. The minimum atomic E-state index is -0.645. The van der Waals surface area contributed by atoms with E-state index in [2.05, 4.69) is 25.5 Å². The van der Waals surface area contributed by atoms with Gasteiger partial charge in [-0.05, 0) is 12.0 Å². The van der Waals surface area contributed by atoms with Gasteiger partial charge in [0.15, 0.2) is 0 Å². The molecule has 0 aromatic carbocycles. The predicted octanol–water partition coefficient (Wildman–Crippen LogP) is 1.76. The van der Waals surface area contributed by atoms with Gasteiger partial charge in [0.1, 0.15) is 6.10 Å². The fourth-order valence-corrected chi connectivity index (χ4v) is 1.13. The summed E-state index contributed by atoms with van der Waals surface area (Å²) in [5.74, 6) is 0.564. The quantitative estimate of drug-likeness (QED) is 0.717. The summed E-state index contributed by atoms with van der Waals surface area (Å²) in [6, 6.07) is 1.81. The van der Waals surface area contributed by atoms with Crippen molar-refractivity contribution < 1.29 is 5.11 Å². The standard InChI is InChI=1S/C10H16N2O/c1-4-10(13)9-5-6-12(11-9)7-8(2)3/h4-6,8,10,13H,1,7H2,2-3H3. The summed E-state index contributed by atoms with van der Waals surface area (Å²) in [6.07, 6.45) is 2.71. The number of nitrogens with zero attached hydrogens (tertiary/aromatic N) is 2. The van der Waals surface area contributed by atoms with E-state index in [0.717, 1.165) is 6.54 Å². The first-order chi connectivity index (χ1) is 6.13. The monoisotopic (exact) mass is 180 g/mol. The zero-order valence-electron chi connectivity index (χ0n) is 8.14. The Balaban J connectivity index is 2.68. The third kappa shape index (κ3) is 2.70. The Bertz CT molecular complexity index is 278. The number of aliphatic hydroxyl groups excluding tert-OH is 1. The van der Waals surface area contributed by atoms with Crippen LogP contribution < -0.4 is 0 Å². The van der Waals surface area contributed by atoms with E-state index in [1.165, 1.54) is 6.08 Å². The number of aromatic nitrogens is 2. The Labute approximate surface area is 78.7 Å². The van der Waals surface area contributed by atoms with Crippen LogP contribution in [0.25, 0.3) is 0 Å². The Morgan fingerprint density at radius 3 is 2.92 bits per heavy atom. The van der Waals surface area contributed by atoms with Crippen LogP contribution in [0, 0.1) is 5.92 Å². The topological polar surface area (TPSA) is 38.0 Å². The van der Waals surface area contributed by atoms with Crippen molar-refractivity contribution in [1.29, 1.82) is 0 Å². The summed E-state index contributed by atoms with van der Waals surface area (Å²) in [4.78, 5) is 0. The van der Waals surface area contributed by atoms with Gasteiger partial charge in [0.05, 0.1) is 5.69 Å². The van der Waals surface area contributed by atoms with E-state index in [-0.39, 0.29) is 0 Å². The normalized spacial score (nSPS) is 13.2. The lowest BCUT2D eigenvalue weighted by Gasteiger charge is -2.04. The van der Waals surface area contributed by atoms with Crippen LogP contribution in [0.1, 0.15) is 25.6 Å². The maximum Gasteiger partial charge on any atom is 0.116 e. The Morgan fingerprint density at radius 1 is 1.69 bits per heavy atom. The van der Waals surface area contributed by atoms with Crippen LogP contribution in [0.15, 0.2) is 24.9 Å². The van der Waals surface area contributed by atoms with Gasteiger partial charge in [-0.15, -0.1) is 6.58 Å². The lowest BCUT2D eigenvalue weighted by molar-refractivity contribution is 0.222. The van der Waals surface area contributed by atoms with Crippen LogP contribution in [-0.2, 0) is 6.54 Å². The molecule has 0 radical (unpaired) electrons. The molecule has 1 N–H and O–H groups in total. The van der Waals surface area contributed by atoms with Gasteiger partial charge in [0.2, 0.25) is 0 Å². The van der Waals surface area contributed by atoms with Crippen molar-refractivity contribution in [2.45, 2.75) is 26.5 Å². The summed E-state index contributed by atoms with van der Waals surface area (Å²) in [6.45, 7) is 8.65. The Morgan fingerprint density at radius 2 is 2.38 bits per heavy atom. The van der Waals surface area contributed by atoms with E-state index in [1.807, 2.05) is 16.9 Å². The van der Waals surface area contributed by atoms with Gasteiger partial charge in [-0.25, -0.2) is 0 Å². The summed E-state index contributed by atoms with van der Waals surface area (Å²) < 4.78 is 1.84. The van der Waals surface area contributed by atoms with Crippen molar-refractivity contribution >= 4 is 0 Å². The van der Waals surface area contributed by atoms with Gasteiger partial charge < -0.3 is 5.11 Å². The largest absolute Gasteiger partial charge is 0.383 e.